The topological polar surface area (TPSA) is 72.3 Å². The molecule has 0 spiro atoms. The molecule has 0 fully saturated rings. The zero-order chi connectivity index (χ0) is 12.4. The first kappa shape index (κ1) is 11.8. The smallest absolute Gasteiger partial charge is 0.115 e. The van der Waals surface area contributed by atoms with E-state index >= 15 is 0 Å². The molecule has 0 aromatic heterocycles. The lowest BCUT2D eigenvalue weighted by atomic mass is 9.98. The van der Waals surface area contributed by atoms with E-state index in [1.165, 1.54) is 0 Å². The van der Waals surface area contributed by atoms with Gasteiger partial charge in [0.25, 0.3) is 0 Å². The Kier molecular flexibility index (Phi) is 3.22. The van der Waals surface area contributed by atoms with Crippen LogP contribution in [0, 0.1) is 0 Å². The van der Waals surface area contributed by atoms with Gasteiger partial charge in [-0.1, -0.05) is 35.9 Å². The number of rotatable bonds is 2. The molecule has 3 nitrogen and oxygen atoms in total. The number of hydrogen-bond donors (Lipinski definition) is 3. The molecule has 0 saturated carbocycles. The van der Waals surface area contributed by atoms with Crippen molar-refractivity contribution >= 4 is 17.3 Å². The molecule has 2 aromatic carbocycles. The fourth-order valence-corrected chi connectivity index (χ4v) is 1.90. The molecule has 17 heavy (non-hydrogen) atoms. The fraction of sp³-hybridized carbons (Fsp3) is 0.0769. The van der Waals surface area contributed by atoms with Crippen molar-refractivity contribution in [2.75, 3.05) is 5.73 Å². The highest BCUT2D eigenvalue weighted by Crippen LogP contribution is 2.30. The van der Waals surface area contributed by atoms with Crippen molar-refractivity contribution < 1.29 is 5.11 Å². The number of nitrogens with two attached hydrogens (primary N) is 2. The maximum absolute atomic E-state index is 9.42. The molecule has 5 N–H and O–H groups in total. The number of halogens is 1. The minimum atomic E-state index is -0.402. The third kappa shape index (κ3) is 2.35. The third-order valence-electron chi connectivity index (χ3n) is 2.65. The van der Waals surface area contributed by atoms with Crippen LogP contribution in [0.3, 0.4) is 0 Å². The Hall–Kier alpha value is -1.71. The van der Waals surface area contributed by atoms with E-state index in [4.69, 9.17) is 23.1 Å². The quantitative estimate of drug-likeness (QED) is 0.716. The number of anilines is 1. The van der Waals surface area contributed by atoms with E-state index in [0.717, 1.165) is 11.1 Å². The molecule has 1 atom stereocenters. The number of phenols is 1. The average molecular weight is 249 g/mol. The number of phenolic OH excluding ortho intramolecular Hbond substituents is 1. The highest BCUT2D eigenvalue weighted by Gasteiger charge is 2.13. The van der Waals surface area contributed by atoms with Crippen LogP contribution >= 0.6 is 11.6 Å². The number of nitrogen functional groups attached to an aromatic ring is 1. The van der Waals surface area contributed by atoms with Crippen LogP contribution < -0.4 is 11.5 Å². The molecule has 0 saturated heterocycles. The van der Waals surface area contributed by atoms with Gasteiger partial charge in [-0.05, 0) is 29.3 Å². The van der Waals surface area contributed by atoms with Crippen molar-refractivity contribution in [2.24, 2.45) is 5.73 Å². The standard InChI is InChI=1S/C13H13ClN2O/c14-11-6-2-5-10(13(11)16)12(15)8-3-1-4-9(17)7-8/h1-7,12,17H,15-16H2. The maximum Gasteiger partial charge on any atom is 0.115 e. The number of para-hydroxylation sites is 1. The minimum absolute atomic E-state index is 0.179. The summed E-state index contributed by atoms with van der Waals surface area (Å²) in [7, 11) is 0. The van der Waals surface area contributed by atoms with Crippen molar-refractivity contribution in [3.63, 3.8) is 0 Å². The second-order valence-electron chi connectivity index (χ2n) is 3.82. The van der Waals surface area contributed by atoms with E-state index in [-0.39, 0.29) is 5.75 Å². The van der Waals surface area contributed by atoms with E-state index in [9.17, 15) is 5.11 Å². The Balaban J connectivity index is 2.44. The molecule has 2 aromatic rings. The van der Waals surface area contributed by atoms with E-state index in [2.05, 4.69) is 0 Å². The van der Waals surface area contributed by atoms with Crippen LogP contribution in [0.15, 0.2) is 42.5 Å². The Morgan fingerprint density at radius 2 is 1.82 bits per heavy atom. The van der Waals surface area contributed by atoms with Crippen molar-refractivity contribution in [3.8, 4) is 5.75 Å². The van der Waals surface area contributed by atoms with Gasteiger partial charge in [0.1, 0.15) is 5.75 Å². The molecule has 0 bridgehead atoms. The molecule has 0 radical (unpaired) electrons. The Bertz CT molecular complexity index is 543. The monoisotopic (exact) mass is 248 g/mol. The Morgan fingerprint density at radius 3 is 2.53 bits per heavy atom. The molecular formula is C13H13ClN2O. The van der Waals surface area contributed by atoms with Crippen LogP contribution in [0.4, 0.5) is 5.69 Å². The predicted molar refractivity (Wildman–Crippen MR) is 70.0 cm³/mol. The predicted octanol–water partition coefficient (Wildman–Crippen LogP) is 2.68. The zero-order valence-electron chi connectivity index (χ0n) is 9.10. The van der Waals surface area contributed by atoms with Crippen LogP contribution in [-0.4, -0.2) is 5.11 Å². The molecule has 0 aliphatic carbocycles. The molecule has 4 heteroatoms. The van der Waals surface area contributed by atoms with E-state index < -0.39 is 6.04 Å². The van der Waals surface area contributed by atoms with Crippen molar-refractivity contribution in [3.05, 3.63) is 58.6 Å². The average Bonchev–Trinajstić information content (AvgIpc) is 2.32. The summed E-state index contributed by atoms with van der Waals surface area (Å²) in [5.41, 5.74) is 14.0. The van der Waals surface area contributed by atoms with Gasteiger partial charge in [0.05, 0.1) is 16.8 Å². The van der Waals surface area contributed by atoms with Crippen LogP contribution in [0.5, 0.6) is 5.75 Å². The van der Waals surface area contributed by atoms with Gasteiger partial charge in [0, 0.05) is 0 Å². The largest absolute Gasteiger partial charge is 0.508 e. The first-order valence-electron chi connectivity index (χ1n) is 5.18. The van der Waals surface area contributed by atoms with Gasteiger partial charge in [-0.25, -0.2) is 0 Å². The van der Waals surface area contributed by atoms with Gasteiger partial charge in [-0.15, -0.1) is 0 Å². The highest BCUT2D eigenvalue weighted by atomic mass is 35.5. The second-order valence-corrected chi connectivity index (χ2v) is 4.22. The molecule has 0 aliphatic rings. The normalized spacial score (nSPS) is 12.4. The maximum atomic E-state index is 9.42. The lowest BCUT2D eigenvalue weighted by Gasteiger charge is -2.15. The SMILES string of the molecule is Nc1c(Cl)cccc1C(N)c1cccc(O)c1. The summed E-state index contributed by atoms with van der Waals surface area (Å²) in [5, 5.41) is 9.90. The lowest BCUT2D eigenvalue weighted by molar-refractivity contribution is 0.474. The van der Waals surface area contributed by atoms with Crippen LogP contribution in [0.25, 0.3) is 0 Å². The van der Waals surface area contributed by atoms with E-state index in [1.54, 1.807) is 30.3 Å². The minimum Gasteiger partial charge on any atom is -0.508 e. The van der Waals surface area contributed by atoms with E-state index in [0.29, 0.717) is 10.7 Å². The Labute approximate surface area is 105 Å². The number of benzene rings is 2. The Morgan fingerprint density at radius 1 is 1.12 bits per heavy atom. The third-order valence-corrected chi connectivity index (χ3v) is 2.98. The van der Waals surface area contributed by atoms with Gasteiger partial charge in [-0.3, -0.25) is 0 Å². The van der Waals surface area contributed by atoms with Gasteiger partial charge in [0.15, 0.2) is 0 Å². The molecular weight excluding hydrogens is 236 g/mol. The fourth-order valence-electron chi connectivity index (χ4n) is 1.72. The van der Waals surface area contributed by atoms with Crippen molar-refractivity contribution in [1.82, 2.24) is 0 Å². The second kappa shape index (κ2) is 4.65. The molecule has 88 valence electrons. The van der Waals surface area contributed by atoms with Crippen molar-refractivity contribution in [2.45, 2.75) is 6.04 Å². The van der Waals surface area contributed by atoms with Gasteiger partial charge < -0.3 is 16.6 Å². The molecule has 0 heterocycles. The summed E-state index contributed by atoms with van der Waals surface area (Å²) in [4.78, 5) is 0. The summed E-state index contributed by atoms with van der Waals surface area (Å²) in [6.07, 6.45) is 0. The molecule has 0 aliphatic heterocycles. The van der Waals surface area contributed by atoms with Crippen LogP contribution in [-0.2, 0) is 0 Å². The van der Waals surface area contributed by atoms with Gasteiger partial charge in [-0.2, -0.15) is 0 Å². The van der Waals surface area contributed by atoms with Gasteiger partial charge in [0.2, 0.25) is 0 Å². The van der Waals surface area contributed by atoms with Crippen molar-refractivity contribution in [1.29, 1.82) is 0 Å². The first-order valence-corrected chi connectivity index (χ1v) is 5.56. The molecule has 2 rings (SSSR count). The van der Waals surface area contributed by atoms with Crippen LogP contribution in [0.1, 0.15) is 17.2 Å². The lowest BCUT2D eigenvalue weighted by Crippen LogP contribution is -2.13. The van der Waals surface area contributed by atoms with Gasteiger partial charge >= 0.3 is 0 Å². The highest BCUT2D eigenvalue weighted by molar-refractivity contribution is 6.33. The number of aromatic hydroxyl groups is 1. The molecule has 0 amide bonds. The summed E-state index contributed by atoms with van der Waals surface area (Å²) in [6.45, 7) is 0. The van der Waals surface area contributed by atoms with E-state index in [1.807, 2.05) is 12.1 Å². The summed E-state index contributed by atoms with van der Waals surface area (Å²) < 4.78 is 0. The summed E-state index contributed by atoms with van der Waals surface area (Å²) in [5.74, 6) is 0.179. The number of hydrogen-bond acceptors (Lipinski definition) is 3. The van der Waals surface area contributed by atoms with Crippen LogP contribution in [0.2, 0.25) is 5.02 Å². The molecule has 1 unspecified atom stereocenters. The first-order chi connectivity index (χ1) is 8.09. The summed E-state index contributed by atoms with van der Waals surface area (Å²) in [6, 6.07) is 11.7. The zero-order valence-corrected chi connectivity index (χ0v) is 9.85. The summed E-state index contributed by atoms with van der Waals surface area (Å²) >= 11 is 5.95.